The van der Waals surface area contributed by atoms with E-state index in [9.17, 15) is 5.11 Å². The summed E-state index contributed by atoms with van der Waals surface area (Å²) in [5.41, 5.74) is 0. The molecule has 3 heteroatoms. The molecule has 0 amide bonds. The summed E-state index contributed by atoms with van der Waals surface area (Å²) in [5, 5.41) is 9.50. The standard InChI is InChI=1S/C12H24ClNO/c1-10(2)11-4-3-6-14(7-5-11)9-12(15)8-13/h10-12,15H,3-9H2,1-2H3. The molecule has 0 bridgehead atoms. The molecule has 2 unspecified atom stereocenters. The maximum atomic E-state index is 9.50. The van der Waals surface area contributed by atoms with Gasteiger partial charge in [-0.3, -0.25) is 0 Å². The third-order valence-electron chi connectivity index (χ3n) is 3.46. The highest BCUT2D eigenvalue weighted by Gasteiger charge is 2.20. The third-order valence-corrected chi connectivity index (χ3v) is 3.81. The van der Waals surface area contributed by atoms with E-state index in [1.54, 1.807) is 0 Å². The van der Waals surface area contributed by atoms with Crippen molar-refractivity contribution in [2.24, 2.45) is 11.8 Å². The highest BCUT2D eigenvalue weighted by molar-refractivity contribution is 6.18. The topological polar surface area (TPSA) is 23.5 Å². The third kappa shape index (κ3) is 4.71. The lowest BCUT2D eigenvalue weighted by Gasteiger charge is -2.22. The molecular formula is C12H24ClNO. The van der Waals surface area contributed by atoms with E-state index in [0.717, 1.165) is 31.5 Å². The fourth-order valence-electron chi connectivity index (χ4n) is 2.38. The Labute approximate surface area is 98.6 Å². The van der Waals surface area contributed by atoms with E-state index in [1.165, 1.54) is 19.3 Å². The van der Waals surface area contributed by atoms with E-state index in [4.69, 9.17) is 11.6 Å². The highest BCUT2D eigenvalue weighted by Crippen LogP contribution is 2.24. The van der Waals surface area contributed by atoms with Gasteiger partial charge in [-0.2, -0.15) is 0 Å². The van der Waals surface area contributed by atoms with Crippen LogP contribution in [0.2, 0.25) is 0 Å². The van der Waals surface area contributed by atoms with E-state index in [2.05, 4.69) is 18.7 Å². The quantitative estimate of drug-likeness (QED) is 0.754. The number of β-amino-alcohol motifs (C(OH)–C–C–N with tert-alkyl or cyclic N) is 1. The molecule has 1 fully saturated rings. The van der Waals surface area contributed by atoms with E-state index in [-0.39, 0.29) is 6.10 Å². The Balaban J connectivity index is 2.32. The summed E-state index contributed by atoms with van der Waals surface area (Å²) in [6, 6.07) is 0. The normalized spacial score (nSPS) is 26.6. The molecule has 1 aliphatic heterocycles. The van der Waals surface area contributed by atoms with Crippen molar-refractivity contribution in [3.8, 4) is 0 Å². The maximum Gasteiger partial charge on any atom is 0.0802 e. The number of nitrogens with zero attached hydrogens (tertiary/aromatic N) is 1. The molecule has 1 aliphatic rings. The molecule has 0 aromatic rings. The monoisotopic (exact) mass is 233 g/mol. The lowest BCUT2D eigenvalue weighted by Crippen LogP contribution is -2.34. The van der Waals surface area contributed by atoms with Crippen LogP contribution < -0.4 is 0 Å². The molecule has 0 aromatic carbocycles. The molecule has 0 spiro atoms. The van der Waals surface area contributed by atoms with Crippen LogP contribution in [0, 0.1) is 11.8 Å². The number of alkyl halides is 1. The first-order valence-corrected chi connectivity index (χ1v) is 6.63. The molecule has 90 valence electrons. The van der Waals surface area contributed by atoms with Crippen LogP contribution in [0.25, 0.3) is 0 Å². The van der Waals surface area contributed by atoms with Gasteiger partial charge in [0.05, 0.1) is 6.10 Å². The van der Waals surface area contributed by atoms with Crippen molar-refractivity contribution in [1.82, 2.24) is 4.90 Å². The molecule has 1 heterocycles. The molecular weight excluding hydrogens is 210 g/mol. The number of rotatable bonds is 4. The van der Waals surface area contributed by atoms with Crippen LogP contribution in [0.3, 0.4) is 0 Å². The SMILES string of the molecule is CC(C)C1CCCN(CC(O)CCl)CC1. The molecule has 1 N–H and O–H groups in total. The number of aliphatic hydroxyl groups excluding tert-OH is 1. The average Bonchev–Trinajstić information content (AvgIpc) is 2.43. The Morgan fingerprint density at radius 2 is 2.07 bits per heavy atom. The molecule has 0 aromatic heterocycles. The van der Waals surface area contributed by atoms with Gasteiger partial charge in [-0.15, -0.1) is 11.6 Å². The minimum Gasteiger partial charge on any atom is -0.391 e. The van der Waals surface area contributed by atoms with E-state index >= 15 is 0 Å². The minimum atomic E-state index is -0.359. The predicted molar refractivity (Wildman–Crippen MR) is 65.3 cm³/mol. The fraction of sp³-hybridized carbons (Fsp3) is 1.00. The first-order valence-electron chi connectivity index (χ1n) is 6.10. The number of likely N-dealkylation sites (tertiary alicyclic amines) is 1. The van der Waals surface area contributed by atoms with Crippen molar-refractivity contribution >= 4 is 11.6 Å². The summed E-state index contributed by atoms with van der Waals surface area (Å²) in [6.45, 7) is 7.62. The summed E-state index contributed by atoms with van der Waals surface area (Å²) < 4.78 is 0. The predicted octanol–water partition coefficient (Wildman–Crippen LogP) is 2.34. The molecule has 2 nitrogen and oxygen atoms in total. The molecule has 2 atom stereocenters. The van der Waals surface area contributed by atoms with Crippen molar-refractivity contribution in [2.45, 2.75) is 39.2 Å². The second-order valence-corrected chi connectivity index (χ2v) is 5.35. The number of halogens is 1. The summed E-state index contributed by atoms with van der Waals surface area (Å²) in [6.07, 6.45) is 3.51. The first kappa shape index (κ1) is 13.3. The van der Waals surface area contributed by atoms with Crippen LogP contribution in [0.1, 0.15) is 33.1 Å². The first-order chi connectivity index (χ1) is 7.13. The highest BCUT2D eigenvalue weighted by atomic mass is 35.5. The Kier molecular flexibility index (Phi) is 5.95. The van der Waals surface area contributed by atoms with Gasteiger partial charge >= 0.3 is 0 Å². The Bertz CT molecular complexity index is 175. The van der Waals surface area contributed by atoms with Gasteiger partial charge in [0.1, 0.15) is 0 Å². The van der Waals surface area contributed by atoms with Gasteiger partial charge in [0.15, 0.2) is 0 Å². The Hall–Kier alpha value is 0.210. The zero-order chi connectivity index (χ0) is 11.3. The van der Waals surface area contributed by atoms with Gasteiger partial charge in [0.25, 0.3) is 0 Å². The summed E-state index contributed by atoms with van der Waals surface area (Å²) in [7, 11) is 0. The molecule has 1 rings (SSSR count). The van der Waals surface area contributed by atoms with Crippen LogP contribution in [-0.2, 0) is 0 Å². The Morgan fingerprint density at radius 3 is 2.67 bits per heavy atom. The number of aliphatic hydroxyl groups is 1. The van der Waals surface area contributed by atoms with Crippen LogP contribution in [0.15, 0.2) is 0 Å². The van der Waals surface area contributed by atoms with Gasteiger partial charge in [-0.05, 0) is 44.2 Å². The van der Waals surface area contributed by atoms with Crippen LogP contribution in [0.4, 0.5) is 0 Å². The summed E-state index contributed by atoms with van der Waals surface area (Å²) in [4.78, 5) is 2.36. The molecule has 15 heavy (non-hydrogen) atoms. The summed E-state index contributed by atoms with van der Waals surface area (Å²) in [5.74, 6) is 2.01. The largest absolute Gasteiger partial charge is 0.391 e. The zero-order valence-electron chi connectivity index (χ0n) is 9.95. The molecule has 0 saturated carbocycles. The van der Waals surface area contributed by atoms with Gasteiger partial charge in [-0.1, -0.05) is 13.8 Å². The zero-order valence-corrected chi connectivity index (χ0v) is 10.7. The van der Waals surface area contributed by atoms with E-state index in [0.29, 0.717) is 5.88 Å². The number of hydrogen-bond acceptors (Lipinski definition) is 2. The Morgan fingerprint density at radius 1 is 1.33 bits per heavy atom. The van der Waals surface area contributed by atoms with Crippen molar-refractivity contribution in [3.05, 3.63) is 0 Å². The number of hydrogen-bond donors (Lipinski definition) is 1. The fourth-order valence-corrected chi connectivity index (χ4v) is 2.48. The van der Waals surface area contributed by atoms with Crippen molar-refractivity contribution in [1.29, 1.82) is 0 Å². The summed E-state index contributed by atoms with van der Waals surface area (Å²) >= 11 is 5.61. The van der Waals surface area contributed by atoms with Gasteiger partial charge in [0, 0.05) is 12.4 Å². The van der Waals surface area contributed by atoms with Crippen molar-refractivity contribution in [3.63, 3.8) is 0 Å². The lowest BCUT2D eigenvalue weighted by atomic mass is 9.89. The van der Waals surface area contributed by atoms with E-state index in [1.807, 2.05) is 0 Å². The van der Waals surface area contributed by atoms with Crippen LogP contribution in [-0.4, -0.2) is 41.6 Å². The minimum absolute atomic E-state index is 0.351. The lowest BCUT2D eigenvalue weighted by molar-refractivity contribution is 0.130. The van der Waals surface area contributed by atoms with Crippen LogP contribution in [0.5, 0.6) is 0 Å². The second kappa shape index (κ2) is 6.72. The van der Waals surface area contributed by atoms with Crippen LogP contribution >= 0.6 is 11.6 Å². The van der Waals surface area contributed by atoms with Gasteiger partial charge < -0.3 is 10.0 Å². The second-order valence-electron chi connectivity index (χ2n) is 5.04. The molecule has 0 radical (unpaired) electrons. The van der Waals surface area contributed by atoms with Crippen molar-refractivity contribution in [2.75, 3.05) is 25.5 Å². The average molecular weight is 234 g/mol. The van der Waals surface area contributed by atoms with Gasteiger partial charge in [-0.25, -0.2) is 0 Å². The maximum absolute atomic E-state index is 9.50. The van der Waals surface area contributed by atoms with Gasteiger partial charge in [0.2, 0.25) is 0 Å². The van der Waals surface area contributed by atoms with E-state index < -0.39 is 0 Å². The molecule has 1 saturated heterocycles. The smallest absolute Gasteiger partial charge is 0.0802 e. The van der Waals surface area contributed by atoms with Crippen molar-refractivity contribution < 1.29 is 5.11 Å². The molecule has 0 aliphatic carbocycles.